The van der Waals surface area contributed by atoms with Crippen LogP contribution in [-0.2, 0) is 0 Å². The van der Waals surface area contributed by atoms with Crippen LogP contribution >= 0.6 is 0 Å². The Balaban J connectivity index is 2.21. The number of aliphatic hydroxyl groups excluding tert-OH is 1. The maximum Gasteiger partial charge on any atom is 0.0568 e. The van der Waals surface area contributed by atoms with Gasteiger partial charge in [-0.1, -0.05) is 25.8 Å². The van der Waals surface area contributed by atoms with Crippen molar-refractivity contribution >= 4 is 0 Å². The van der Waals surface area contributed by atoms with E-state index in [1.165, 1.54) is 25.7 Å². The minimum atomic E-state index is -0.0577. The van der Waals surface area contributed by atoms with Crippen molar-refractivity contribution in [2.45, 2.75) is 58.0 Å². The van der Waals surface area contributed by atoms with Crippen molar-refractivity contribution in [1.82, 2.24) is 0 Å². The third-order valence-electron chi connectivity index (χ3n) is 3.43. The molecule has 0 aromatic heterocycles. The summed E-state index contributed by atoms with van der Waals surface area (Å²) in [6.45, 7) is 6.01. The van der Waals surface area contributed by atoms with Crippen molar-refractivity contribution in [2.24, 2.45) is 11.8 Å². The van der Waals surface area contributed by atoms with Gasteiger partial charge in [0, 0.05) is 0 Å². The summed E-state index contributed by atoms with van der Waals surface area (Å²) in [7, 11) is 0. The minimum Gasteiger partial charge on any atom is -0.393 e. The Bertz CT molecular complexity index is 165. The molecule has 1 fully saturated rings. The van der Waals surface area contributed by atoms with Crippen molar-refractivity contribution in [1.29, 1.82) is 0 Å². The van der Waals surface area contributed by atoms with E-state index in [1.807, 2.05) is 6.08 Å². The summed E-state index contributed by atoms with van der Waals surface area (Å²) in [5.74, 6) is 1.39. The van der Waals surface area contributed by atoms with E-state index in [0.29, 0.717) is 5.92 Å². The van der Waals surface area contributed by atoms with Gasteiger partial charge >= 0.3 is 0 Å². The SMILES string of the molecule is C=CCCCC(O)C1CCCC(C)C1. The van der Waals surface area contributed by atoms with Gasteiger partial charge in [0.2, 0.25) is 0 Å². The molecule has 1 aliphatic rings. The van der Waals surface area contributed by atoms with Crippen LogP contribution in [0.15, 0.2) is 12.7 Å². The van der Waals surface area contributed by atoms with Gasteiger partial charge in [0.25, 0.3) is 0 Å². The number of hydrogen-bond acceptors (Lipinski definition) is 1. The molecule has 0 bridgehead atoms. The molecule has 1 heteroatoms. The summed E-state index contributed by atoms with van der Waals surface area (Å²) in [6, 6.07) is 0. The topological polar surface area (TPSA) is 20.2 Å². The molecule has 82 valence electrons. The fraction of sp³-hybridized carbons (Fsp3) is 0.846. The van der Waals surface area contributed by atoms with Crippen LogP contribution < -0.4 is 0 Å². The van der Waals surface area contributed by atoms with Crippen LogP contribution in [0.5, 0.6) is 0 Å². The van der Waals surface area contributed by atoms with E-state index in [0.717, 1.165) is 25.2 Å². The zero-order chi connectivity index (χ0) is 10.4. The van der Waals surface area contributed by atoms with Crippen LogP contribution in [-0.4, -0.2) is 11.2 Å². The third-order valence-corrected chi connectivity index (χ3v) is 3.43. The monoisotopic (exact) mass is 196 g/mol. The summed E-state index contributed by atoms with van der Waals surface area (Å²) in [5.41, 5.74) is 0. The molecule has 0 aromatic rings. The standard InChI is InChI=1S/C13H24O/c1-3-4-5-9-13(14)12-8-6-7-11(2)10-12/h3,11-14H,1,4-10H2,2H3. The molecule has 0 aliphatic heterocycles. The third kappa shape index (κ3) is 3.83. The van der Waals surface area contributed by atoms with Crippen molar-refractivity contribution in [3.8, 4) is 0 Å². The second-order valence-corrected chi connectivity index (χ2v) is 4.82. The molecule has 0 heterocycles. The van der Waals surface area contributed by atoms with Gasteiger partial charge in [0.15, 0.2) is 0 Å². The molecule has 0 saturated heterocycles. The van der Waals surface area contributed by atoms with Crippen molar-refractivity contribution in [3.05, 3.63) is 12.7 Å². The molecular formula is C13H24O. The average Bonchev–Trinajstić information content (AvgIpc) is 2.18. The summed E-state index contributed by atoms with van der Waals surface area (Å²) in [5, 5.41) is 9.98. The Morgan fingerprint density at radius 3 is 2.93 bits per heavy atom. The van der Waals surface area contributed by atoms with Gasteiger partial charge in [-0.3, -0.25) is 0 Å². The molecule has 0 radical (unpaired) electrons. The van der Waals surface area contributed by atoms with Gasteiger partial charge in [0.1, 0.15) is 0 Å². The number of rotatable bonds is 5. The van der Waals surface area contributed by atoms with E-state index in [2.05, 4.69) is 13.5 Å². The van der Waals surface area contributed by atoms with Gasteiger partial charge in [-0.05, 0) is 43.9 Å². The molecule has 3 atom stereocenters. The first-order chi connectivity index (χ1) is 6.74. The second-order valence-electron chi connectivity index (χ2n) is 4.82. The lowest BCUT2D eigenvalue weighted by atomic mass is 9.78. The van der Waals surface area contributed by atoms with E-state index >= 15 is 0 Å². The Kier molecular flexibility index (Phi) is 5.24. The van der Waals surface area contributed by atoms with Crippen molar-refractivity contribution in [3.63, 3.8) is 0 Å². The molecule has 0 amide bonds. The zero-order valence-electron chi connectivity index (χ0n) is 9.41. The van der Waals surface area contributed by atoms with Crippen LogP contribution in [0.4, 0.5) is 0 Å². The van der Waals surface area contributed by atoms with E-state index in [4.69, 9.17) is 0 Å². The van der Waals surface area contributed by atoms with E-state index in [-0.39, 0.29) is 6.10 Å². The molecule has 1 N–H and O–H groups in total. The first-order valence-corrected chi connectivity index (χ1v) is 6.03. The summed E-state index contributed by atoms with van der Waals surface area (Å²) in [4.78, 5) is 0. The Labute approximate surface area is 88.2 Å². The van der Waals surface area contributed by atoms with Gasteiger partial charge in [-0.25, -0.2) is 0 Å². The lowest BCUT2D eigenvalue weighted by molar-refractivity contribution is 0.0635. The zero-order valence-corrected chi connectivity index (χ0v) is 9.41. The highest BCUT2D eigenvalue weighted by molar-refractivity contribution is 4.77. The molecule has 1 aliphatic carbocycles. The molecule has 1 nitrogen and oxygen atoms in total. The Morgan fingerprint density at radius 2 is 2.29 bits per heavy atom. The molecule has 1 saturated carbocycles. The van der Waals surface area contributed by atoms with Crippen LogP contribution in [0, 0.1) is 11.8 Å². The average molecular weight is 196 g/mol. The van der Waals surface area contributed by atoms with E-state index in [1.54, 1.807) is 0 Å². The maximum absolute atomic E-state index is 9.98. The molecule has 1 rings (SSSR count). The fourth-order valence-corrected chi connectivity index (χ4v) is 2.54. The highest BCUT2D eigenvalue weighted by atomic mass is 16.3. The minimum absolute atomic E-state index is 0.0577. The second kappa shape index (κ2) is 6.23. The number of allylic oxidation sites excluding steroid dienone is 1. The maximum atomic E-state index is 9.98. The highest BCUT2D eigenvalue weighted by Crippen LogP contribution is 2.32. The van der Waals surface area contributed by atoms with Gasteiger partial charge < -0.3 is 5.11 Å². The first-order valence-electron chi connectivity index (χ1n) is 6.03. The lowest BCUT2D eigenvalue weighted by Gasteiger charge is -2.30. The quantitative estimate of drug-likeness (QED) is 0.527. The summed E-state index contributed by atoms with van der Waals surface area (Å²) < 4.78 is 0. The number of hydrogen-bond donors (Lipinski definition) is 1. The van der Waals surface area contributed by atoms with Crippen molar-refractivity contribution < 1.29 is 5.11 Å². The normalized spacial score (nSPS) is 29.9. The Morgan fingerprint density at radius 1 is 1.50 bits per heavy atom. The first kappa shape index (κ1) is 11.8. The largest absolute Gasteiger partial charge is 0.393 e. The number of unbranched alkanes of at least 4 members (excludes halogenated alkanes) is 1. The Hall–Kier alpha value is -0.300. The van der Waals surface area contributed by atoms with Crippen LogP contribution in [0.2, 0.25) is 0 Å². The number of aliphatic hydroxyl groups is 1. The summed E-state index contributed by atoms with van der Waals surface area (Å²) >= 11 is 0. The molecular weight excluding hydrogens is 172 g/mol. The fourth-order valence-electron chi connectivity index (χ4n) is 2.54. The molecule has 0 spiro atoms. The van der Waals surface area contributed by atoms with Gasteiger partial charge in [-0.15, -0.1) is 6.58 Å². The summed E-state index contributed by atoms with van der Waals surface area (Å²) in [6.07, 6.45) is 10.1. The molecule has 0 aromatic carbocycles. The predicted molar refractivity (Wildman–Crippen MR) is 61.2 cm³/mol. The van der Waals surface area contributed by atoms with Gasteiger partial charge in [-0.2, -0.15) is 0 Å². The van der Waals surface area contributed by atoms with E-state index in [9.17, 15) is 5.11 Å². The van der Waals surface area contributed by atoms with Crippen LogP contribution in [0.25, 0.3) is 0 Å². The molecule has 3 unspecified atom stereocenters. The van der Waals surface area contributed by atoms with Crippen molar-refractivity contribution in [2.75, 3.05) is 0 Å². The predicted octanol–water partition coefficient (Wildman–Crippen LogP) is 3.53. The smallest absolute Gasteiger partial charge is 0.0568 e. The van der Waals surface area contributed by atoms with E-state index < -0.39 is 0 Å². The lowest BCUT2D eigenvalue weighted by Crippen LogP contribution is -2.25. The molecule has 14 heavy (non-hydrogen) atoms. The highest BCUT2D eigenvalue weighted by Gasteiger charge is 2.24. The van der Waals surface area contributed by atoms with Crippen LogP contribution in [0.1, 0.15) is 51.9 Å². The van der Waals surface area contributed by atoms with Crippen LogP contribution in [0.3, 0.4) is 0 Å². The van der Waals surface area contributed by atoms with Gasteiger partial charge in [0.05, 0.1) is 6.10 Å².